The van der Waals surface area contributed by atoms with Gasteiger partial charge in [0.25, 0.3) is 0 Å². The molecule has 0 aliphatic rings. The predicted octanol–water partition coefficient (Wildman–Crippen LogP) is 3.83. The minimum Gasteiger partial charge on any atom is -0.492 e. The highest BCUT2D eigenvalue weighted by Gasteiger charge is 2.17. The van der Waals surface area contributed by atoms with Crippen LogP contribution >= 0.6 is 22.7 Å². The van der Waals surface area contributed by atoms with Gasteiger partial charge in [0, 0.05) is 0 Å². The molecule has 0 spiro atoms. The summed E-state index contributed by atoms with van der Waals surface area (Å²) < 4.78 is 5.09. The van der Waals surface area contributed by atoms with E-state index in [9.17, 15) is 9.90 Å². The van der Waals surface area contributed by atoms with E-state index in [0.717, 1.165) is 4.88 Å². The van der Waals surface area contributed by atoms with Crippen molar-refractivity contribution in [2.24, 2.45) is 5.10 Å². The maximum Gasteiger partial charge on any atom is 0.428 e. The fourth-order valence-corrected chi connectivity index (χ4v) is 3.24. The summed E-state index contributed by atoms with van der Waals surface area (Å²) in [7, 11) is 0. The third-order valence-corrected chi connectivity index (χ3v) is 4.58. The fraction of sp³-hybridized carbons (Fsp3) is 0.357. The van der Waals surface area contributed by atoms with Gasteiger partial charge in [0.2, 0.25) is 5.88 Å². The molecular weight excluding hydrogens is 322 g/mol. The van der Waals surface area contributed by atoms with Gasteiger partial charge < -0.3 is 9.84 Å². The SMILES string of the molecule is C/C(=N\NC(=O)OC(C)(C)C)c1sc(-c2cccs2)nc1O. The number of aromatic hydroxyl groups is 1. The van der Waals surface area contributed by atoms with Crippen molar-refractivity contribution in [2.75, 3.05) is 0 Å². The van der Waals surface area contributed by atoms with Crippen LogP contribution in [-0.2, 0) is 4.74 Å². The van der Waals surface area contributed by atoms with Crippen molar-refractivity contribution in [1.29, 1.82) is 0 Å². The Labute approximate surface area is 136 Å². The lowest BCUT2D eigenvalue weighted by atomic mass is 10.2. The quantitative estimate of drug-likeness (QED) is 0.657. The molecule has 2 rings (SSSR count). The Morgan fingerprint density at radius 1 is 1.45 bits per heavy atom. The van der Waals surface area contributed by atoms with Crippen molar-refractivity contribution in [3.8, 4) is 15.8 Å². The predicted molar refractivity (Wildman–Crippen MR) is 88.7 cm³/mol. The summed E-state index contributed by atoms with van der Waals surface area (Å²) in [4.78, 5) is 17.2. The number of nitrogens with one attached hydrogen (secondary N) is 1. The van der Waals surface area contributed by atoms with Crippen LogP contribution in [0.5, 0.6) is 5.88 Å². The monoisotopic (exact) mass is 339 g/mol. The topological polar surface area (TPSA) is 83.8 Å². The fourth-order valence-electron chi connectivity index (χ4n) is 1.53. The Bertz CT molecular complexity index is 685. The minimum atomic E-state index is -0.644. The molecule has 2 heterocycles. The van der Waals surface area contributed by atoms with Gasteiger partial charge in [-0.05, 0) is 39.1 Å². The normalized spacial score (nSPS) is 12.3. The Kier molecular flexibility index (Phi) is 4.82. The molecule has 8 heteroatoms. The van der Waals surface area contributed by atoms with Crippen LogP contribution in [0.25, 0.3) is 9.88 Å². The molecular formula is C14H17N3O3S2. The molecule has 2 aromatic heterocycles. The van der Waals surface area contributed by atoms with Gasteiger partial charge in [-0.1, -0.05) is 6.07 Å². The molecule has 0 aliphatic heterocycles. The van der Waals surface area contributed by atoms with Crippen molar-refractivity contribution < 1.29 is 14.6 Å². The molecule has 2 N–H and O–H groups in total. The van der Waals surface area contributed by atoms with E-state index in [-0.39, 0.29) is 5.88 Å². The number of hydrazone groups is 1. The maximum atomic E-state index is 11.6. The van der Waals surface area contributed by atoms with Crippen LogP contribution in [0.2, 0.25) is 0 Å². The van der Waals surface area contributed by atoms with E-state index >= 15 is 0 Å². The molecule has 0 bridgehead atoms. The highest BCUT2D eigenvalue weighted by atomic mass is 32.1. The average molecular weight is 339 g/mol. The van der Waals surface area contributed by atoms with Gasteiger partial charge in [-0.25, -0.2) is 15.2 Å². The number of carbonyl (C=O) groups excluding carboxylic acids is 1. The molecule has 2 aromatic rings. The Balaban J connectivity index is 2.11. The second-order valence-electron chi connectivity index (χ2n) is 5.46. The molecule has 1 amide bonds. The van der Waals surface area contributed by atoms with Gasteiger partial charge in [0.1, 0.15) is 15.5 Å². The molecule has 0 fully saturated rings. The summed E-state index contributed by atoms with van der Waals surface area (Å²) in [5.74, 6) is -0.0966. The van der Waals surface area contributed by atoms with E-state index in [1.165, 1.54) is 11.3 Å². The number of hydrogen-bond donors (Lipinski definition) is 2. The van der Waals surface area contributed by atoms with Crippen LogP contribution in [0.3, 0.4) is 0 Å². The number of thiazole rings is 1. The highest BCUT2D eigenvalue weighted by Crippen LogP contribution is 2.34. The van der Waals surface area contributed by atoms with Gasteiger partial charge in [-0.15, -0.1) is 22.7 Å². The van der Waals surface area contributed by atoms with E-state index in [0.29, 0.717) is 15.6 Å². The lowest BCUT2D eigenvalue weighted by molar-refractivity contribution is 0.0529. The zero-order valence-corrected chi connectivity index (χ0v) is 14.3. The molecule has 0 radical (unpaired) electrons. The maximum absolute atomic E-state index is 11.6. The van der Waals surface area contributed by atoms with E-state index < -0.39 is 11.7 Å². The third-order valence-electron chi connectivity index (χ3n) is 2.38. The van der Waals surface area contributed by atoms with Gasteiger partial charge in [-0.3, -0.25) is 0 Å². The lowest BCUT2D eigenvalue weighted by Gasteiger charge is -2.18. The smallest absolute Gasteiger partial charge is 0.428 e. The van der Waals surface area contributed by atoms with E-state index in [4.69, 9.17) is 4.74 Å². The largest absolute Gasteiger partial charge is 0.492 e. The van der Waals surface area contributed by atoms with Gasteiger partial charge in [-0.2, -0.15) is 5.10 Å². The molecule has 118 valence electrons. The zero-order chi connectivity index (χ0) is 16.3. The van der Waals surface area contributed by atoms with E-state index in [1.54, 1.807) is 39.0 Å². The first kappa shape index (κ1) is 16.4. The summed E-state index contributed by atoms with van der Waals surface area (Å²) in [6, 6.07) is 3.85. The molecule has 6 nitrogen and oxygen atoms in total. The number of thiophene rings is 1. The van der Waals surface area contributed by atoms with Crippen LogP contribution < -0.4 is 5.43 Å². The molecule has 22 heavy (non-hydrogen) atoms. The summed E-state index contributed by atoms with van der Waals surface area (Å²) in [5.41, 5.74) is 2.18. The van der Waals surface area contributed by atoms with Crippen molar-refractivity contribution in [2.45, 2.75) is 33.3 Å². The van der Waals surface area contributed by atoms with E-state index in [1.807, 2.05) is 17.5 Å². The van der Waals surface area contributed by atoms with Crippen molar-refractivity contribution >= 4 is 34.5 Å². The average Bonchev–Trinajstić information content (AvgIpc) is 3.02. The number of hydrogen-bond acceptors (Lipinski definition) is 7. The van der Waals surface area contributed by atoms with Crippen LogP contribution in [-0.4, -0.2) is 27.5 Å². The van der Waals surface area contributed by atoms with Crippen LogP contribution in [0.15, 0.2) is 22.6 Å². The van der Waals surface area contributed by atoms with Gasteiger partial charge in [0.15, 0.2) is 0 Å². The number of carbonyl (C=O) groups is 1. The first-order valence-electron chi connectivity index (χ1n) is 6.53. The second kappa shape index (κ2) is 6.45. The lowest BCUT2D eigenvalue weighted by Crippen LogP contribution is -2.30. The van der Waals surface area contributed by atoms with Crippen molar-refractivity contribution in [1.82, 2.24) is 10.4 Å². The Hall–Kier alpha value is -1.93. The molecule has 0 aromatic carbocycles. The van der Waals surface area contributed by atoms with Gasteiger partial charge >= 0.3 is 6.09 Å². The third kappa shape index (κ3) is 4.28. The molecule has 0 aliphatic carbocycles. The molecule has 0 saturated heterocycles. The van der Waals surface area contributed by atoms with Gasteiger partial charge in [0.05, 0.1) is 10.6 Å². The number of ether oxygens (including phenoxy) is 1. The summed E-state index contributed by atoms with van der Waals surface area (Å²) in [6.07, 6.45) is -0.644. The minimum absolute atomic E-state index is 0.0966. The summed E-state index contributed by atoms with van der Waals surface area (Å²) in [5, 5.41) is 16.5. The van der Waals surface area contributed by atoms with Crippen molar-refractivity contribution in [3.05, 3.63) is 22.4 Å². The number of rotatable bonds is 3. The Morgan fingerprint density at radius 3 is 2.77 bits per heavy atom. The zero-order valence-electron chi connectivity index (χ0n) is 12.7. The van der Waals surface area contributed by atoms with Crippen LogP contribution in [0.4, 0.5) is 4.79 Å². The van der Waals surface area contributed by atoms with Crippen LogP contribution in [0.1, 0.15) is 32.6 Å². The standard InChI is InChI=1S/C14H17N3O3S2/c1-8(16-17-13(19)20-14(2,3)4)10-11(18)15-12(22-10)9-6-5-7-21-9/h5-7,18H,1-4H3,(H,17,19)/b16-8+. The first-order valence-corrected chi connectivity index (χ1v) is 8.23. The molecule has 0 saturated carbocycles. The second-order valence-corrected chi connectivity index (χ2v) is 7.41. The van der Waals surface area contributed by atoms with Crippen molar-refractivity contribution in [3.63, 3.8) is 0 Å². The highest BCUT2D eigenvalue weighted by molar-refractivity contribution is 7.22. The van der Waals surface area contributed by atoms with E-state index in [2.05, 4.69) is 15.5 Å². The number of aromatic nitrogens is 1. The molecule has 0 atom stereocenters. The number of nitrogens with zero attached hydrogens (tertiary/aromatic N) is 2. The Morgan fingerprint density at radius 2 is 2.18 bits per heavy atom. The first-order chi connectivity index (χ1) is 10.3. The molecule has 0 unspecified atom stereocenters. The summed E-state index contributed by atoms with van der Waals surface area (Å²) in [6.45, 7) is 6.99. The summed E-state index contributed by atoms with van der Waals surface area (Å²) >= 11 is 2.86. The number of amides is 1. The van der Waals surface area contributed by atoms with Crippen LogP contribution in [0, 0.1) is 0 Å².